The molecule has 0 radical (unpaired) electrons. The highest BCUT2D eigenvalue weighted by Gasteiger charge is 2.50. The van der Waals surface area contributed by atoms with Crippen molar-refractivity contribution in [3.63, 3.8) is 0 Å². The summed E-state index contributed by atoms with van der Waals surface area (Å²) in [5.41, 5.74) is 0. The first-order valence-electron chi connectivity index (χ1n) is 4.43. The summed E-state index contributed by atoms with van der Waals surface area (Å²) in [6.07, 6.45) is -10.0. The van der Waals surface area contributed by atoms with Gasteiger partial charge in [0, 0.05) is 0 Å². The maximum Gasteiger partial charge on any atom is 0.264 e. The van der Waals surface area contributed by atoms with Crippen LogP contribution in [-0.2, 0) is 14.3 Å². The Balaban J connectivity index is 2.91. The van der Waals surface area contributed by atoms with E-state index in [2.05, 4.69) is 4.18 Å². The van der Waals surface area contributed by atoms with Gasteiger partial charge in [0.1, 0.15) is 36.6 Å². The van der Waals surface area contributed by atoms with Crippen LogP contribution in [0.2, 0.25) is 0 Å². The standard InChI is InChI=1S/C7H14O8S/c1-16(13,14)15-7-5(11)3(9)2(8)4(10)6(7)12/h2-12H,1H3/t2?,3-,4+,5+,6-,7?. The Kier molecular flexibility index (Phi) is 3.90. The third kappa shape index (κ3) is 2.69. The number of aliphatic hydroxyl groups excluding tert-OH is 5. The molecule has 16 heavy (non-hydrogen) atoms. The number of rotatable bonds is 2. The summed E-state index contributed by atoms with van der Waals surface area (Å²) in [6.45, 7) is 0. The van der Waals surface area contributed by atoms with Crippen molar-refractivity contribution in [3.8, 4) is 0 Å². The highest BCUT2D eigenvalue weighted by molar-refractivity contribution is 7.86. The van der Waals surface area contributed by atoms with Gasteiger partial charge in [0.25, 0.3) is 10.1 Å². The Morgan fingerprint density at radius 1 is 0.812 bits per heavy atom. The van der Waals surface area contributed by atoms with Gasteiger partial charge in [-0.15, -0.1) is 0 Å². The molecule has 0 saturated heterocycles. The first-order chi connectivity index (χ1) is 7.15. The van der Waals surface area contributed by atoms with Crippen LogP contribution in [0.1, 0.15) is 0 Å². The first-order valence-corrected chi connectivity index (χ1v) is 6.25. The van der Waals surface area contributed by atoms with Crippen molar-refractivity contribution in [1.82, 2.24) is 0 Å². The van der Waals surface area contributed by atoms with Gasteiger partial charge in [-0.2, -0.15) is 8.42 Å². The number of hydrogen-bond donors (Lipinski definition) is 5. The van der Waals surface area contributed by atoms with Crippen molar-refractivity contribution < 1.29 is 38.1 Å². The highest BCUT2D eigenvalue weighted by Crippen LogP contribution is 2.24. The first kappa shape index (κ1) is 13.8. The molecule has 5 N–H and O–H groups in total. The third-order valence-electron chi connectivity index (χ3n) is 2.36. The lowest BCUT2D eigenvalue weighted by molar-refractivity contribution is -0.216. The molecule has 1 rings (SSSR count). The van der Waals surface area contributed by atoms with E-state index in [0.717, 1.165) is 0 Å². The lowest BCUT2D eigenvalue weighted by Gasteiger charge is -2.40. The lowest BCUT2D eigenvalue weighted by Crippen LogP contribution is -2.64. The molecular formula is C7H14O8S. The van der Waals surface area contributed by atoms with Gasteiger partial charge in [0.15, 0.2) is 0 Å². The summed E-state index contributed by atoms with van der Waals surface area (Å²) in [6, 6.07) is 0. The lowest BCUT2D eigenvalue weighted by atomic mass is 9.85. The third-order valence-corrected chi connectivity index (χ3v) is 2.93. The van der Waals surface area contributed by atoms with Gasteiger partial charge in [-0.1, -0.05) is 0 Å². The normalized spacial score (nSPS) is 45.6. The Morgan fingerprint density at radius 3 is 1.44 bits per heavy atom. The van der Waals surface area contributed by atoms with Gasteiger partial charge in [-0.3, -0.25) is 4.18 Å². The summed E-state index contributed by atoms with van der Waals surface area (Å²) in [5.74, 6) is 0. The fourth-order valence-electron chi connectivity index (χ4n) is 1.51. The molecule has 2 unspecified atom stereocenters. The number of aliphatic hydroxyl groups is 5. The van der Waals surface area contributed by atoms with Crippen LogP contribution in [0.25, 0.3) is 0 Å². The Hall–Kier alpha value is -0.290. The maximum atomic E-state index is 10.8. The van der Waals surface area contributed by atoms with Crippen LogP contribution in [0.3, 0.4) is 0 Å². The van der Waals surface area contributed by atoms with Crippen LogP contribution in [0.4, 0.5) is 0 Å². The van der Waals surface area contributed by atoms with Gasteiger partial charge in [0.05, 0.1) is 6.26 Å². The summed E-state index contributed by atoms with van der Waals surface area (Å²) in [5, 5.41) is 46.5. The van der Waals surface area contributed by atoms with Crippen molar-refractivity contribution >= 4 is 10.1 Å². The van der Waals surface area contributed by atoms with Gasteiger partial charge < -0.3 is 25.5 Å². The number of hydrogen-bond acceptors (Lipinski definition) is 8. The fraction of sp³-hybridized carbons (Fsp3) is 1.00. The van der Waals surface area contributed by atoms with Crippen molar-refractivity contribution in [1.29, 1.82) is 0 Å². The topological polar surface area (TPSA) is 145 Å². The molecule has 9 heteroatoms. The molecule has 1 aliphatic carbocycles. The molecular weight excluding hydrogens is 244 g/mol. The predicted molar refractivity (Wildman–Crippen MR) is 49.8 cm³/mol. The van der Waals surface area contributed by atoms with E-state index < -0.39 is 46.7 Å². The average molecular weight is 258 g/mol. The van der Waals surface area contributed by atoms with Crippen LogP contribution in [0.15, 0.2) is 0 Å². The smallest absolute Gasteiger partial charge is 0.264 e. The second kappa shape index (κ2) is 4.53. The van der Waals surface area contributed by atoms with E-state index >= 15 is 0 Å². The van der Waals surface area contributed by atoms with E-state index in [4.69, 9.17) is 0 Å². The van der Waals surface area contributed by atoms with Crippen LogP contribution in [-0.4, -0.2) is 76.8 Å². The minimum Gasteiger partial charge on any atom is -0.387 e. The molecule has 0 bridgehead atoms. The fourth-order valence-corrected chi connectivity index (χ4v) is 2.14. The molecule has 0 amide bonds. The molecule has 96 valence electrons. The van der Waals surface area contributed by atoms with Crippen molar-refractivity contribution in [2.75, 3.05) is 6.26 Å². The van der Waals surface area contributed by atoms with Crippen LogP contribution < -0.4 is 0 Å². The Labute approximate surface area is 91.8 Å². The second-order valence-electron chi connectivity index (χ2n) is 3.72. The minimum absolute atomic E-state index is 0.691. The quantitative estimate of drug-likeness (QED) is 0.317. The second-order valence-corrected chi connectivity index (χ2v) is 5.32. The molecule has 1 fully saturated rings. The van der Waals surface area contributed by atoms with E-state index in [1.165, 1.54) is 0 Å². The summed E-state index contributed by atoms with van der Waals surface area (Å²) in [4.78, 5) is 0. The zero-order valence-corrected chi connectivity index (χ0v) is 9.15. The van der Waals surface area contributed by atoms with E-state index in [1.54, 1.807) is 0 Å². The highest BCUT2D eigenvalue weighted by atomic mass is 32.2. The largest absolute Gasteiger partial charge is 0.387 e. The molecule has 0 aromatic carbocycles. The van der Waals surface area contributed by atoms with Gasteiger partial charge in [-0.25, -0.2) is 0 Å². The summed E-state index contributed by atoms with van der Waals surface area (Å²) in [7, 11) is -3.98. The molecule has 6 atom stereocenters. The molecule has 0 spiro atoms. The van der Waals surface area contributed by atoms with E-state index in [0.29, 0.717) is 6.26 Å². The minimum atomic E-state index is -3.98. The van der Waals surface area contributed by atoms with E-state index in [-0.39, 0.29) is 0 Å². The summed E-state index contributed by atoms with van der Waals surface area (Å²) >= 11 is 0. The van der Waals surface area contributed by atoms with E-state index in [9.17, 15) is 34.0 Å². The zero-order valence-electron chi connectivity index (χ0n) is 8.33. The van der Waals surface area contributed by atoms with Gasteiger partial charge in [-0.05, 0) is 0 Å². The SMILES string of the molecule is CS(=O)(=O)OC1[C@@H](O)[C@H](O)C(O)[C@H](O)[C@H]1O. The zero-order chi connectivity index (χ0) is 12.7. The van der Waals surface area contributed by atoms with Crippen molar-refractivity contribution in [2.45, 2.75) is 36.6 Å². The molecule has 8 nitrogen and oxygen atoms in total. The van der Waals surface area contributed by atoms with Crippen molar-refractivity contribution in [2.24, 2.45) is 0 Å². The molecule has 0 aliphatic heterocycles. The molecule has 0 aromatic heterocycles. The van der Waals surface area contributed by atoms with E-state index in [1.807, 2.05) is 0 Å². The predicted octanol–water partition coefficient (Wildman–Crippen LogP) is -3.85. The Morgan fingerprint density at radius 2 is 1.12 bits per heavy atom. The molecule has 0 heterocycles. The maximum absolute atomic E-state index is 10.8. The van der Waals surface area contributed by atoms with Gasteiger partial charge in [0.2, 0.25) is 0 Å². The monoisotopic (exact) mass is 258 g/mol. The summed E-state index contributed by atoms with van der Waals surface area (Å²) < 4.78 is 26.0. The van der Waals surface area contributed by atoms with Crippen LogP contribution >= 0.6 is 0 Å². The van der Waals surface area contributed by atoms with Crippen LogP contribution in [0, 0.1) is 0 Å². The van der Waals surface area contributed by atoms with Crippen molar-refractivity contribution in [3.05, 3.63) is 0 Å². The average Bonchev–Trinajstić information content (AvgIpc) is 2.17. The molecule has 0 aromatic rings. The Bertz CT molecular complexity index is 324. The van der Waals surface area contributed by atoms with Gasteiger partial charge >= 0.3 is 0 Å². The van der Waals surface area contributed by atoms with Crippen LogP contribution in [0.5, 0.6) is 0 Å². The molecule has 1 aliphatic rings. The molecule has 1 saturated carbocycles.